The maximum Gasteiger partial charge on any atom is 0.220 e. The van der Waals surface area contributed by atoms with Gasteiger partial charge >= 0.3 is 0 Å². The highest BCUT2D eigenvalue weighted by molar-refractivity contribution is 6.06. The summed E-state index contributed by atoms with van der Waals surface area (Å²) in [7, 11) is 0. The first kappa shape index (κ1) is 19.4. The van der Waals surface area contributed by atoms with Gasteiger partial charge < -0.3 is 5.11 Å². The lowest BCUT2D eigenvalue weighted by molar-refractivity contribution is -0.114. The third-order valence-electron chi connectivity index (χ3n) is 10.0. The van der Waals surface area contributed by atoms with Crippen LogP contribution in [0.25, 0.3) is 0 Å². The summed E-state index contributed by atoms with van der Waals surface area (Å²) in [6.07, 6.45) is 15.5. The molecule has 0 bridgehead atoms. The lowest BCUT2D eigenvalue weighted by Crippen LogP contribution is -2.55. The number of hydrogen-bond donors (Lipinski definition) is 1. The van der Waals surface area contributed by atoms with Crippen molar-refractivity contribution in [3.63, 3.8) is 0 Å². The molecule has 3 fully saturated rings. The highest BCUT2D eigenvalue weighted by Gasteiger charge is 2.60. The Morgan fingerprint density at radius 2 is 1.76 bits per heavy atom. The van der Waals surface area contributed by atoms with E-state index >= 15 is 0 Å². The summed E-state index contributed by atoms with van der Waals surface area (Å²) >= 11 is 0. The molecule has 0 aromatic rings. The number of aliphatic hydroxyl groups is 1. The number of hydrogen-bond acceptors (Lipinski definition) is 2. The van der Waals surface area contributed by atoms with E-state index in [4.69, 9.17) is 0 Å². The molecule has 0 aliphatic heterocycles. The number of fused-ring (bicyclic) bond motifs is 7. The standard InChI is InChI=1S/C27H36O2/c1-16-8-10-25(3)12-13-27(5)19(21(25)14-16)9-11-26(4)20-15-22(28)24(29)17(2)18(20)6-7-23(26)27/h6-7,15-16,19,21,29H,8-14H2,1-5H3. The fraction of sp³-hybridized carbons (Fsp3) is 0.667. The van der Waals surface area contributed by atoms with Gasteiger partial charge in [-0.05, 0) is 91.3 Å². The predicted octanol–water partition coefficient (Wildman–Crippen LogP) is 6.85. The van der Waals surface area contributed by atoms with Crippen LogP contribution >= 0.6 is 0 Å². The average molecular weight is 393 g/mol. The van der Waals surface area contributed by atoms with Crippen molar-refractivity contribution in [2.45, 2.75) is 79.6 Å². The molecule has 0 aromatic carbocycles. The van der Waals surface area contributed by atoms with Crippen LogP contribution in [0.4, 0.5) is 0 Å². The van der Waals surface area contributed by atoms with Gasteiger partial charge in [-0.1, -0.05) is 51.8 Å². The zero-order valence-corrected chi connectivity index (χ0v) is 18.8. The number of ketones is 1. The van der Waals surface area contributed by atoms with Crippen molar-refractivity contribution in [1.82, 2.24) is 0 Å². The first-order chi connectivity index (χ1) is 13.6. The Morgan fingerprint density at radius 1 is 1.00 bits per heavy atom. The molecule has 0 saturated heterocycles. The van der Waals surface area contributed by atoms with Crippen LogP contribution in [0.2, 0.25) is 0 Å². The van der Waals surface area contributed by atoms with Crippen LogP contribution in [0.3, 0.4) is 0 Å². The lowest BCUT2D eigenvalue weighted by Gasteiger charge is -2.64. The summed E-state index contributed by atoms with van der Waals surface area (Å²) in [6, 6.07) is 0. The van der Waals surface area contributed by atoms with E-state index < -0.39 is 0 Å². The van der Waals surface area contributed by atoms with Gasteiger partial charge in [-0.2, -0.15) is 0 Å². The molecular formula is C27H36O2. The molecule has 0 amide bonds. The van der Waals surface area contributed by atoms with E-state index in [1.165, 1.54) is 38.5 Å². The van der Waals surface area contributed by atoms with Crippen molar-refractivity contribution in [3.05, 3.63) is 46.3 Å². The molecule has 6 unspecified atom stereocenters. The average Bonchev–Trinajstić information content (AvgIpc) is 2.67. The second-order valence-corrected chi connectivity index (χ2v) is 11.6. The van der Waals surface area contributed by atoms with Crippen molar-refractivity contribution in [2.24, 2.45) is 34.0 Å². The summed E-state index contributed by atoms with van der Waals surface area (Å²) < 4.78 is 0. The van der Waals surface area contributed by atoms with Crippen molar-refractivity contribution in [3.8, 4) is 0 Å². The van der Waals surface area contributed by atoms with E-state index in [9.17, 15) is 9.90 Å². The van der Waals surface area contributed by atoms with Gasteiger partial charge in [-0.15, -0.1) is 0 Å². The Hall–Kier alpha value is -1.57. The quantitative estimate of drug-likeness (QED) is 0.489. The van der Waals surface area contributed by atoms with Gasteiger partial charge in [-0.25, -0.2) is 0 Å². The summed E-state index contributed by atoms with van der Waals surface area (Å²) in [4.78, 5) is 12.5. The predicted molar refractivity (Wildman–Crippen MR) is 117 cm³/mol. The van der Waals surface area contributed by atoms with Crippen LogP contribution in [0, 0.1) is 34.0 Å². The molecule has 2 nitrogen and oxygen atoms in total. The first-order valence-corrected chi connectivity index (χ1v) is 11.7. The maximum absolute atomic E-state index is 12.5. The molecule has 1 N–H and O–H groups in total. The number of carbonyl (C=O) groups is 1. The summed E-state index contributed by atoms with van der Waals surface area (Å²) in [5, 5.41) is 10.2. The number of aliphatic hydroxyl groups excluding tert-OH is 1. The minimum absolute atomic E-state index is 0.0787. The van der Waals surface area contributed by atoms with E-state index in [1.807, 2.05) is 6.92 Å². The highest BCUT2D eigenvalue weighted by atomic mass is 16.3. The molecule has 3 saturated carbocycles. The van der Waals surface area contributed by atoms with Gasteiger partial charge in [0.25, 0.3) is 0 Å². The van der Waals surface area contributed by atoms with Crippen LogP contribution in [-0.4, -0.2) is 10.9 Å². The molecule has 5 aliphatic carbocycles. The van der Waals surface area contributed by atoms with E-state index in [0.29, 0.717) is 5.41 Å². The largest absolute Gasteiger partial charge is 0.504 e. The maximum atomic E-state index is 12.5. The summed E-state index contributed by atoms with van der Waals surface area (Å²) in [5.74, 6) is 2.13. The molecule has 156 valence electrons. The monoisotopic (exact) mass is 392 g/mol. The zero-order chi connectivity index (χ0) is 20.8. The third kappa shape index (κ3) is 2.44. The minimum Gasteiger partial charge on any atom is -0.504 e. The van der Waals surface area contributed by atoms with E-state index in [1.54, 1.807) is 11.6 Å². The molecule has 0 spiro atoms. The van der Waals surface area contributed by atoms with E-state index in [-0.39, 0.29) is 22.4 Å². The SMILES string of the molecule is CC1=C(O)C(=O)C=C2C1=CC=C1C2(C)CCC2C3CC(C)CCC3(C)CCC12C. The second-order valence-electron chi connectivity index (χ2n) is 11.6. The van der Waals surface area contributed by atoms with Crippen LogP contribution in [0.15, 0.2) is 46.3 Å². The lowest BCUT2D eigenvalue weighted by atomic mass is 9.40. The fourth-order valence-corrected chi connectivity index (χ4v) is 8.08. The van der Waals surface area contributed by atoms with Crippen LogP contribution in [0.1, 0.15) is 79.6 Å². The van der Waals surface area contributed by atoms with Gasteiger partial charge in [0, 0.05) is 11.0 Å². The minimum atomic E-state index is -0.221. The van der Waals surface area contributed by atoms with Gasteiger partial charge in [0.15, 0.2) is 5.76 Å². The zero-order valence-electron chi connectivity index (χ0n) is 18.8. The van der Waals surface area contributed by atoms with Crippen molar-refractivity contribution in [2.75, 3.05) is 0 Å². The van der Waals surface area contributed by atoms with Crippen LogP contribution in [-0.2, 0) is 4.79 Å². The Balaban J connectivity index is 1.61. The molecule has 5 rings (SSSR count). The molecule has 5 aliphatic rings. The number of allylic oxidation sites excluding steroid dienone is 7. The third-order valence-corrected chi connectivity index (χ3v) is 10.0. The number of carbonyl (C=O) groups excluding carboxylic acids is 1. The molecule has 2 heteroatoms. The Kier molecular flexibility index (Phi) is 4.00. The summed E-state index contributed by atoms with van der Waals surface area (Å²) in [6.45, 7) is 11.8. The van der Waals surface area contributed by atoms with E-state index in [2.05, 4.69) is 39.8 Å². The Bertz CT molecular complexity index is 915. The van der Waals surface area contributed by atoms with Crippen molar-refractivity contribution >= 4 is 5.78 Å². The molecule has 29 heavy (non-hydrogen) atoms. The number of rotatable bonds is 0. The molecular weight excluding hydrogens is 356 g/mol. The topological polar surface area (TPSA) is 37.3 Å². The van der Waals surface area contributed by atoms with Crippen molar-refractivity contribution in [1.29, 1.82) is 0 Å². The summed E-state index contributed by atoms with van der Waals surface area (Å²) in [5.41, 5.74) is 5.18. The van der Waals surface area contributed by atoms with Gasteiger partial charge in [0.1, 0.15) is 0 Å². The van der Waals surface area contributed by atoms with Gasteiger partial charge in [0.05, 0.1) is 0 Å². The van der Waals surface area contributed by atoms with Crippen LogP contribution < -0.4 is 0 Å². The van der Waals surface area contributed by atoms with Gasteiger partial charge in [0.2, 0.25) is 5.78 Å². The Morgan fingerprint density at radius 3 is 2.52 bits per heavy atom. The highest BCUT2D eigenvalue weighted by Crippen LogP contribution is 2.69. The van der Waals surface area contributed by atoms with Crippen LogP contribution in [0.5, 0.6) is 0 Å². The molecule has 0 heterocycles. The fourth-order valence-electron chi connectivity index (χ4n) is 8.08. The smallest absolute Gasteiger partial charge is 0.220 e. The molecule has 0 aromatic heterocycles. The first-order valence-electron chi connectivity index (χ1n) is 11.7. The van der Waals surface area contributed by atoms with Gasteiger partial charge in [-0.3, -0.25) is 4.79 Å². The van der Waals surface area contributed by atoms with E-state index in [0.717, 1.165) is 40.9 Å². The van der Waals surface area contributed by atoms with Crippen molar-refractivity contribution < 1.29 is 9.90 Å². The molecule has 6 atom stereocenters. The normalized spacial score (nSPS) is 46.6. The second kappa shape index (κ2) is 5.99. The Labute approximate surface area is 175 Å². The molecule has 0 radical (unpaired) electrons.